The van der Waals surface area contributed by atoms with Crippen LogP contribution in [0.3, 0.4) is 0 Å². The Morgan fingerprint density at radius 1 is 0.286 bits per heavy atom. The highest BCUT2D eigenvalue weighted by molar-refractivity contribution is 5.89. The SMILES string of the molecule is c1ccc(-c2cccc(-c3nc(-c4ccccc4)nc(-c4ccc(-c5ccc6c(c5)C5(c7ccccc7O6)c6ccccc6-c6ccccc65)cc4)n3)c2)cc1. The molecule has 4 nitrogen and oxygen atoms in total. The van der Waals surface area contributed by atoms with E-state index in [1.54, 1.807) is 0 Å². The number of hydrogen-bond donors (Lipinski definition) is 0. The Labute approximate surface area is 325 Å². The van der Waals surface area contributed by atoms with Gasteiger partial charge in [0.15, 0.2) is 17.5 Å². The number of nitrogens with zero attached hydrogens (tertiary/aromatic N) is 3. The third-order valence-corrected chi connectivity index (χ3v) is 11.2. The van der Waals surface area contributed by atoms with Gasteiger partial charge < -0.3 is 4.74 Å². The quantitative estimate of drug-likeness (QED) is 0.178. The molecule has 4 heteroatoms. The molecule has 8 aromatic carbocycles. The van der Waals surface area contributed by atoms with E-state index in [-0.39, 0.29) is 0 Å². The summed E-state index contributed by atoms with van der Waals surface area (Å²) in [6, 6.07) is 70.2. The van der Waals surface area contributed by atoms with Gasteiger partial charge in [-0.1, -0.05) is 176 Å². The summed E-state index contributed by atoms with van der Waals surface area (Å²) in [5, 5.41) is 0. The zero-order valence-electron chi connectivity index (χ0n) is 30.3. The highest BCUT2D eigenvalue weighted by atomic mass is 16.5. The number of benzene rings is 8. The van der Waals surface area contributed by atoms with Crippen molar-refractivity contribution in [3.63, 3.8) is 0 Å². The molecule has 9 aromatic rings. The van der Waals surface area contributed by atoms with Gasteiger partial charge >= 0.3 is 0 Å². The lowest BCUT2D eigenvalue weighted by Gasteiger charge is -2.39. The van der Waals surface area contributed by atoms with Crippen LogP contribution in [-0.2, 0) is 5.41 Å². The van der Waals surface area contributed by atoms with Crippen LogP contribution in [0, 0.1) is 0 Å². The zero-order valence-corrected chi connectivity index (χ0v) is 30.3. The summed E-state index contributed by atoms with van der Waals surface area (Å²) in [6.45, 7) is 0. The van der Waals surface area contributed by atoms with E-state index in [1.165, 1.54) is 22.3 Å². The molecule has 0 bridgehead atoms. The molecule has 0 N–H and O–H groups in total. The molecule has 0 saturated heterocycles. The zero-order chi connectivity index (χ0) is 37.1. The first-order valence-corrected chi connectivity index (χ1v) is 18.9. The van der Waals surface area contributed by atoms with Crippen LogP contribution in [-0.4, -0.2) is 15.0 Å². The van der Waals surface area contributed by atoms with Crippen molar-refractivity contribution >= 4 is 0 Å². The first-order chi connectivity index (χ1) is 27.7. The molecule has 56 heavy (non-hydrogen) atoms. The molecule has 0 atom stereocenters. The van der Waals surface area contributed by atoms with Crippen LogP contribution in [0.15, 0.2) is 200 Å². The number of aromatic nitrogens is 3. The van der Waals surface area contributed by atoms with E-state index in [9.17, 15) is 0 Å². The van der Waals surface area contributed by atoms with Crippen molar-refractivity contribution in [2.24, 2.45) is 0 Å². The predicted octanol–water partition coefficient (Wildman–Crippen LogP) is 12.7. The topological polar surface area (TPSA) is 47.9 Å². The molecule has 0 amide bonds. The van der Waals surface area contributed by atoms with Crippen LogP contribution in [0.1, 0.15) is 22.3 Å². The van der Waals surface area contributed by atoms with Gasteiger partial charge in [-0.15, -0.1) is 0 Å². The van der Waals surface area contributed by atoms with Gasteiger partial charge in [0.05, 0.1) is 5.41 Å². The van der Waals surface area contributed by atoms with Crippen LogP contribution in [0.25, 0.3) is 67.5 Å². The normalized spacial score (nSPS) is 12.9. The van der Waals surface area contributed by atoms with Gasteiger partial charge in [-0.3, -0.25) is 0 Å². The molecular formula is C52H33N3O. The summed E-state index contributed by atoms with van der Waals surface area (Å²) in [6.07, 6.45) is 0. The Balaban J connectivity index is 1.02. The Hall–Kier alpha value is -7.43. The maximum Gasteiger partial charge on any atom is 0.164 e. The van der Waals surface area contributed by atoms with Gasteiger partial charge in [0, 0.05) is 27.8 Å². The lowest BCUT2D eigenvalue weighted by Crippen LogP contribution is -2.32. The summed E-state index contributed by atoms with van der Waals surface area (Å²) in [4.78, 5) is 15.1. The Morgan fingerprint density at radius 3 is 1.39 bits per heavy atom. The smallest absolute Gasteiger partial charge is 0.164 e. The molecule has 0 unspecified atom stereocenters. The van der Waals surface area contributed by atoms with Crippen LogP contribution in [0.2, 0.25) is 0 Å². The lowest BCUT2D eigenvalue weighted by atomic mass is 9.66. The first kappa shape index (κ1) is 32.0. The summed E-state index contributed by atoms with van der Waals surface area (Å²) < 4.78 is 6.67. The fourth-order valence-corrected chi connectivity index (χ4v) is 8.67. The van der Waals surface area contributed by atoms with E-state index in [0.717, 1.165) is 61.6 Å². The van der Waals surface area contributed by atoms with Gasteiger partial charge in [-0.2, -0.15) is 0 Å². The molecule has 2 heterocycles. The van der Waals surface area contributed by atoms with Gasteiger partial charge in [-0.05, 0) is 68.8 Å². The minimum Gasteiger partial charge on any atom is -0.457 e. The minimum absolute atomic E-state index is 0.514. The standard InChI is InChI=1S/C52H33N3O/c1-3-14-34(15-4-1)38-18-13-19-40(32-38)51-54-49(36-16-5-2-6-17-36)53-50(55-51)37-28-26-35(27-29-37)39-30-31-48-46(33-39)52(45-24-11-12-25-47(45)56-48)43-22-9-7-20-41(43)42-21-8-10-23-44(42)52/h1-33H. The first-order valence-electron chi connectivity index (χ1n) is 18.9. The highest BCUT2D eigenvalue weighted by Crippen LogP contribution is 2.62. The summed E-state index contributed by atoms with van der Waals surface area (Å²) in [5.74, 6) is 3.66. The third kappa shape index (κ3) is 5.04. The maximum absolute atomic E-state index is 6.67. The molecule has 1 aliphatic carbocycles. The molecule has 0 saturated carbocycles. The van der Waals surface area contributed by atoms with Gasteiger partial charge in [0.2, 0.25) is 0 Å². The van der Waals surface area contributed by atoms with Gasteiger partial charge in [0.25, 0.3) is 0 Å². The van der Waals surface area contributed by atoms with Crippen LogP contribution in [0.4, 0.5) is 0 Å². The Morgan fingerprint density at radius 2 is 0.714 bits per heavy atom. The second-order valence-electron chi connectivity index (χ2n) is 14.3. The predicted molar refractivity (Wildman–Crippen MR) is 224 cm³/mol. The molecular weight excluding hydrogens is 683 g/mol. The molecule has 2 aliphatic rings. The van der Waals surface area contributed by atoms with Crippen LogP contribution < -0.4 is 4.74 Å². The lowest BCUT2D eigenvalue weighted by molar-refractivity contribution is 0.436. The van der Waals surface area contributed by atoms with Crippen molar-refractivity contribution in [2.75, 3.05) is 0 Å². The largest absolute Gasteiger partial charge is 0.457 e. The van der Waals surface area contributed by atoms with Crippen molar-refractivity contribution in [3.05, 3.63) is 222 Å². The van der Waals surface area contributed by atoms with E-state index in [4.69, 9.17) is 19.7 Å². The summed E-state index contributed by atoms with van der Waals surface area (Å²) in [7, 11) is 0. The van der Waals surface area contributed by atoms with Crippen molar-refractivity contribution in [1.29, 1.82) is 0 Å². The second kappa shape index (κ2) is 12.9. The molecule has 1 aliphatic heterocycles. The molecule has 0 radical (unpaired) electrons. The van der Waals surface area contributed by atoms with Gasteiger partial charge in [-0.25, -0.2) is 15.0 Å². The summed E-state index contributed by atoms with van der Waals surface area (Å²) >= 11 is 0. The molecule has 0 fully saturated rings. The van der Waals surface area contributed by atoms with Crippen LogP contribution in [0.5, 0.6) is 11.5 Å². The number of rotatable bonds is 5. The van der Waals surface area contributed by atoms with E-state index < -0.39 is 5.41 Å². The van der Waals surface area contributed by atoms with Crippen molar-refractivity contribution < 1.29 is 4.74 Å². The highest BCUT2D eigenvalue weighted by Gasteiger charge is 2.51. The van der Waals surface area contributed by atoms with Crippen molar-refractivity contribution in [1.82, 2.24) is 15.0 Å². The number of fused-ring (bicyclic) bond motifs is 9. The van der Waals surface area contributed by atoms with E-state index in [1.807, 2.05) is 36.4 Å². The molecule has 11 rings (SSSR count). The average Bonchev–Trinajstić information content (AvgIpc) is 3.57. The minimum atomic E-state index is -0.514. The molecule has 1 spiro atoms. The van der Waals surface area contributed by atoms with Crippen LogP contribution >= 0.6 is 0 Å². The van der Waals surface area contributed by atoms with E-state index >= 15 is 0 Å². The average molecular weight is 716 g/mol. The summed E-state index contributed by atoms with van der Waals surface area (Å²) in [5.41, 5.74) is 14.1. The number of ether oxygens (including phenoxy) is 1. The maximum atomic E-state index is 6.67. The second-order valence-corrected chi connectivity index (χ2v) is 14.3. The number of para-hydroxylation sites is 1. The monoisotopic (exact) mass is 715 g/mol. The van der Waals surface area contributed by atoms with Crippen molar-refractivity contribution in [3.8, 4) is 79.0 Å². The fraction of sp³-hybridized carbons (Fsp3) is 0.0192. The fourth-order valence-electron chi connectivity index (χ4n) is 8.67. The molecule has 262 valence electrons. The Bertz CT molecular complexity index is 2890. The number of hydrogen-bond acceptors (Lipinski definition) is 4. The van der Waals surface area contributed by atoms with Crippen molar-refractivity contribution in [2.45, 2.75) is 5.41 Å². The Kier molecular flexibility index (Phi) is 7.36. The van der Waals surface area contributed by atoms with E-state index in [0.29, 0.717) is 17.5 Å². The third-order valence-electron chi connectivity index (χ3n) is 11.2. The van der Waals surface area contributed by atoms with E-state index in [2.05, 4.69) is 164 Å². The molecule has 1 aromatic heterocycles. The van der Waals surface area contributed by atoms with Gasteiger partial charge in [0.1, 0.15) is 11.5 Å².